The number of anilines is 2. The molecule has 100 valence electrons. The molecule has 0 bridgehead atoms. The normalized spacial score (nSPS) is 10.5. The van der Waals surface area contributed by atoms with Crippen LogP contribution in [0, 0.1) is 6.92 Å². The summed E-state index contributed by atoms with van der Waals surface area (Å²) < 4.78 is 0. The van der Waals surface area contributed by atoms with Gasteiger partial charge < -0.3 is 10.2 Å². The Labute approximate surface area is 114 Å². The zero-order valence-corrected chi connectivity index (χ0v) is 11.7. The molecule has 0 amide bonds. The highest BCUT2D eigenvalue weighted by Gasteiger charge is 2.05. The van der Waals surface area contributed by atoms with Crippen LogP contribution in [-0.4, -0.2) is 23.8 Å². The first-order chi connectivity index (χ1) is 9.20. The van der Waals surface area contributed by atoms with Crippen LogP contribution >= 0.6 is 0 Å². The first kappa shape index (κ1) is 13.5. The summed E-state index contributed by atoms with van der Waals surface area (Å²) in [5.41, 5.74) is 3.33. The average molecular weight is 256 g/mol. The smallest absolute Gasteiger partial charge is 0.155 e. The van der Waals surface area contributed by atoms with E-state index in [1.165, 1.54) is 5.56 Å². The predicted molar refractivity (Wildman–Crippen MR) is 78.7 cm³/mol. The molecule has 0 aliphatic rings. The van der Waals surface area contributed by atoms with Crippen LogP contribution in [0.25, 0.3) is 0 Å². The fraction of sp³-hybridized carbons (Fsp3) is 0.333. The van der Waals surface area contributed by atoms with Gasteiger partial charge in [-0.05, 0) is 37.7 Å². The molecule has 19 heavy (non-hydrogen) atoms. The van der Waals surface area contributed by atoms with E-state index in [2.05, 4.69) is 53.6 Å². The molecule has 2 rings (SSSR count). The maximum atomic E-state index is 4.27. The van der Waals surface area contributed by atoms with E-state index < -0.39 is 0 Å². The van der Waals surface area contributed by atoms with Crippen molar-refractivity contribution in [2.75, 3.05) is 18.5 Å². The summed E-state index contributed by atoms with van der Waals surface area (Å²) in [5, 5.41) is 11.7. The minimum absolute atomic E-state index is 0.762. The second kappa shape index (κ2) is 6.29. The highest BCUT2D eigenvalue weighted by Crippen LogP contribution is 2.21. The Bertz CT molecular complexity index is 505. The van der Waals surface area contributed by atoms with E-state index in [0.717, 1.165) is 30.3 Å². The van der Waals surface area contributed by atoms with Gasteiger partial charge in [-0.25, -0.2) is 0 Å². The van der Waals surface area contributed by atoms with Gasteiger partial charge in [0, 0.05) is 19.3 Å². The van der Waals surface area contributed by atoms with Crippen molar-refractivity contribution >= 4 is 11.5 Å². The number of nitrogens with one attached hydrogen (secondary N) is 1. The van der Waals surface area contributed by atoms with Crippen LogP contribution in [0.5, 0.6) is 0 Å². The molecule has 0 aliphatic carbocycles. The van der Waals surface area contributed by atoms with Gasteiger partial charge in [0.2, 0.25) is 0 Å². The summed E-state index contributed by atoms with van der Waals surface area (Å²) in [4.78, 5) is 2.03. The minimum Gasteiger partial charge on any atom is -0.328 e. The highest BCUT2D eigenvalue weighted by atomic mass is 15.2. The Morgan fingerprint density at radius 2 is 1.79 bits per heavy atom. The van der Waals surface area contributed by atoms with Gasteiger partial charge >= 0.3 is 0 Å². The fourth-order valence-corrected chi connectivity index (χ4v) is 1.78. The molecular formula is C15H20N4. The summed E-state index contributed by atoms with van der Waals surface area (Å²) in [6.07, 6.45) is 0. The lowest BCUT2D eigenvalue weighted by molar-refractivity contribution is 0.698. The maximum absolute atomic E-state index is 4.27. The Morgan fingerprint density at radius 3 is 2.37 bits per heavy atom. The van der Waals surface area contributed by atoms with E-state index in [0.29, 0.717) is 0 Å². The number of nitrogens with zero attached hydrogens (tertiary/aromatic N) is 3. The largest absolute Gasteiger partial charge is 0.328 e. The summed E-state index contributed by atoms with van der Waals surface area (Å²) >= 11 is 0. The molecule has 2 aromatic rings. The first-order valence-electron chi connectivity index (χ1n) is 6.54. The number of aromatic nitrogens is 2. The van der Waals surface area contributed by atoms with Crippen LogP contribution in [0.3, 0.4) is 0 Å². The number of hydrogen-bond acceptors (Lipinski definition) is 4. The third-order valence-corrected chi connectivity index (χ3v) is 3.03. The van der Waals surface area contributed by atoms with Crippen molar-refractivity contribution in [1.82, 2.24) is 15.5 Å². The second-order valence-corrected chi connectivity index (χ2v) is 4.56. The van der Waals surface area contributed by atoms with E-state index in [1.54, 1.807) is 0 Å². The van der Waals surface area contributed by atoms with Crippen molar-refractivity contribution in [3.8, 4) is 0 Å². The molecule has 0 fully saturated rings. The summed E-state index contributed by atoms with van der Waals surface area (Å²) in [6.45, 7) is 5.86. The van der Waals surface area contributed by atoms with Gasteiger partial charge in [-0.15, -0.1) is 5.10 Å². The van der Waals surface area contributed by atoms with Crippen molar-refractivity contribution < 1.29 is 0 Å². The maximum Gasteiger partial charge on any atom is 0.155 e. The van der Waals surface area contributed by atoms with E-state index in [4.69, 9.17) is 0 Å². The van der Waals surface area contributed by atoms with Gasteiger partial charge in [-0.1, -0.05) is 24.6 Å². The van der Waals surface area contributed by atoms with E-state index >= 15 is 0 Å². The Balaban J connectivity index is 2.10. The molecule has 0 spiro atoms. The lowest BCUT2D eigenvalue weighted by Gasteiger charge is -2.18. The van der Waals surface area contributed by atoms with Gasteiger partial charge in [0.15, 0.2) is 5.82 Å². The van der Waals surface area contributed by atoms with Gasteiger partial charge in [0.1, 0.15) is 0 Å². The third-order valence-electron chi connectivity index (χ3n) is 3.03. The molecule has 4 heteroatoms. The molecule has 0 aliphatic heterocycles. The predicted octanol–water partition coefficient (Wildman–Crippen LogP) is 2.66. The van der Waals surface area contributed by atoms with Gasteiger partial charge in [0.25, 0.3) is 0 Å². The summed E-state index contributed by atoms with van der Waals surface area (Å²) in [6, 6.07) is 12.4. The van der Waals surface area contributed by atoms with Crippen molar-refractivity contribution in [2.24, 2.45) is 0 Å². The highest BCUT2D eigenvalue weighted by molar-refractivity contribution is 5.58. The first-order valence-corrected chi connectivity index (χ1v) is 6.54. The molecule has 1 N–H and O–H groups in total. The third kappa shape index (κ3) is 3.51. The Morgan fingerprint density at radius 1 is 1.05 bits per heavy atom. The molecule has 0 atom stereocenters. The SMILES string of the molecule is CCNCc1ccc(N(C)c2ccc(C)cc2)nn1. The minimum atomic E-state index is 0.762. The second-order valence-electron chi connectivity index (χ2n) is 4.56. The van der Waals surface area contributed by atoms with Gasteiger partial charge in [0.05, 0.1) is 5.69 Å². The van der Waals surface area contributed by atoms with Crippen molar-refractivity contribution in [3.63, 3.8) is 0 Å². The molecule has 0 radical (unpaired) electrons. The molecule has 0 saturated carbocycles. The summed E-state index contributed by atoms with van der Waals surface area (Å²) in [7, 11) is 2.00. The molecular weight excluding hydrogens is 236 g/mol. The number of rotatable bonds is 5. The zero-order chi connectivity index (χ0) is 13.7. The Hall–Kier alpha value is -1.94. The topological polar surface area (TPSA) is 41.0 Å². The van der Waals surface area contributed by atoms with Crippen LogP contribution < -0.4 is 10.2 Å². The summed E-state index contributed by atoms with van der Waals surface area (Å²) in [5.74, 6) is 0.851. The van der Waals surface area contributed by atoms with Crippen molar-refractivity contribution in [3.05, 3.63) is 47.7 Å². The lowest BCUT2D eigenvalue weighted by Crippen LogP contribution is -2.15. The average Bonchev–Trinajstić information content (AvgIpc) is 2.46. The molecule has 1 aromatic heterocycles. The lowest BCUT2D eigenvalue weighted by atomic mass is 10.2. The van der Waals surface area contributed by atoms with Crippen LogP contribution in [0.1, 0.15) is 18.2 Å². The quantitative estimate of drug-likeness (QED) is 0.893. The van der Waals surface area contributed by atoms with E-state index in [9.17, 15) is 0 Å². The van der Waals surface area contributed by atoms with Crippen molar-refractivity contribution in [1.29, 1.82) is 0 Å². The van der Waals surface area contributed by atoms with Crippen LogP contribution in [0.4, 0.5) is 11.5 Å². The number of hydrogen-bond donors (Lipinski definition) is 1. The van der Waals surface area contributed by atoms with Crippen molar-refractivity contribution in [2.45, 2.75) is 20.4 Å². The monoisotopic (exact) mass is 256 g/mol. The standard InChI is InChI=1S/C15H20N4/c1-4-16-11-13-7-10-15(18-17-13)19(3)14-8-5-12(2)6-9-14/h5-10,16H,4,11H2,1-3H3. The van der Waals surface area contributed by atoms with Crippen LogP contribution in [0.2, 0.25) is 0 Å². The van der Waals surface area contributed by atoms with Crippen LogP contribution in [-0.2, 0) is 6.54 Å². The van der Waals surface area contributed by atoms with Gasteiger partial charge in [-0.2, -0.15) is 5.10 Å². The molecule has 0 saturated heterocycles. The zero-order valence-electron chi connectivity index (χ0n) is 11.7. The molecule has 1 heterocycles. The van der Waals surface area contributed by atoms with E-state index in [1.807, 2.05) is 24.1 Å². The number of benzene rings is 1. The van der Waals surface area contributed by atoms with Gasteiger partial charge in [-0.3, -0.25) is 0 Å². The number of aryl methyl sites for hydroxylation is 1. The molecule has 0 unspecified atom stereocenters. The van der Waals surface area contributed by atoms with Crippen LogP contribution in [0.15, 0.2) is 36.4 Å². The fourth-order valence-electron chi connectivity index (χ4n) is 1.78. The molecule has 4 nitrogen and oxygen atoms in total. The van der Waals surface area contributed by atoms with E-state index in [-0.39, 0.29) is 0 Å². The Kier molecular flexibility index (Phi) is 4.47. The molecule has 1 aromatic carbocycles.